The zero-order valence-electron chi connectivity index (χ0n) is 14.1. The smallest absolute Gasteiger partial charge is 0.128 e. The molecule has 2 N–H and O–H groups in total. The van der Waals surface area contributed by atoms with E-state index >= 15 is 0 Å². The van der Waals surface area contributed by atoms with Crippen molar-refractivity contribution in [2.24, 2.45) is 0 Å². The largest absolute Gasteiger partial charge is 0.497 e. The second-order valence-corrected chi connectivity index (χ2v) is 6.14. The molecule has 1 aliphatic rings. The van der Waals surface area contributed by atoms with E-state index < -0.39 is 6.10 Å². The molecule has 5 nitrogen and oxygen atoms in total. The first-order valence-electron chi connectivity index (χ1n) is 8.49. The molecule has 24 heavy (non-hydrogen) atoms. The highest BCUT2D eigenvalue weighted by molar-refractivity contribution is 5.40. The Labute approximate surface area is 143 Å². The minimum atomic E-state index is -0.558. The average Bonchev–Trinajstić information content (AvgIpc) is 3.17. The van der Waals surface area contributed by atoms with E-state index in [0.29, 0.717) is 13.1 Å². The van der Waals surface area contributed by atoms with Crippen LogP contribution in [0.15, 0.2) is 42.6 Å². The van der Waals surface area contributed by atoms with Gasteiger partial charge in [-0.15, -0.1) is 0 Å². The van der Waals surface area contributed by atoms with Crippen molar-refractivity contribution < 1.29 is 9.84 Å². The van der Waals surface area contributed by atoms with Crippen LogP contribution >= 0.6 is 0 Å². The number of ether oxygens (including phenoxy) is 1. The molecule has 1 aromatic carbocycles. The van der Waals surface area contributed by atoms with Crippen LogP contribution < -0.4 is 15.0 Å². The molecule has 0 radical (unpaired) electrons. The van der Waals surface area contributed by atoms with Crippen LogP contribution in [0.4, 0.5) is 5.82 Å². The maximum atomic E-state index is 10.3. The standard InChI is InChI=1S/C19H25N3O2/c1-24-17-6-4-5-16(11-17)18(23)14-20-12-15-7-8-19(21-13-15)22-9-2-3-10-22/h4-8,11,13,18,20,23H,2-3,9-10,12,14H2,1H3. The quantitative estimate of drug-likeness (QED) is 0.818. The van der Waals surface area contributed by atoms with Gasteiger partial charge >= 0.3 is 0 Å². The Bertz CT molecular complexity index is 639. The van der Waals surface area contributed by atoms with Crippen LogP contribution in [0, 0.1) is 0 Å². The van der Waals surface area contributed by atoms with Crippen molar-refractivity contribution in [2.75, 3.05) is 31.6 Å². The first kappa shape index (κ1) is 16.7. The van der Waals surface area contributed by atoms with Gasteiger partial charge in [0.2, 0.25) is 0 Å². The summed E-state index contributed by atoms with van der Waals surface area (Å²) < 4.78 is 5.19. The van der Waals surface area contributed by atoms with Crippen LogP contribution in [0.25, 0.3) is 0 Å². The van der Waals surface area contributed by atoms with E-state index in [-0.39, 0.29) is 0 Å². The molecule has 1 aromatic heterocycles. The highest BCUT2D eigenvalue weighted by Crippen LogP contribution is 2.19. The fourth-order valence-corrected chi connectivity index (χ4v) is 2.97. The third kappa shape index (κ3) is 4.24. The molecule has 3 rings (SSSR count). The summed E-state index contributed by atoms with van der Waals surface area (Å²) in [5, 5.41) is 13.5. The lowest BCUT2D eigenvalue weighted by atomic mass is 10.1. The van der Waals surface area contributed by atoms with E-state index in [9.17, 15) is 5.11 Å². The molecule has 0 aliphatic carbocycles. The maximum absolute atomic E-state index is 10.3. The Morgan fingerprint density at radius 3 is 2.79 bits per heavy atom. The molecular formula is C19H25N3O2. The number of hydrogen-bond acceptors (Lipinski definition) is 5. The summed E-state index contributed by atoms with van der Waals surface area (Å²) in [7, 11) is 1.63. The van der Waals surface area contributed by atoms with Crippen molar-refractivity contribution >= 4 is 5.82 Å². The number of nitrogens with zero attached hydrogens (tertiary/aromatic N) is 2. The van der Waals surface area contributed by atoms with Gasteiger partial charge in [-0.25, -0.2) is 4.98 Å². The summed E-state index contributed by atoms with van der Waals surface area (Å²) in [6.07, 6.45) is 3.87. The van der Waals surface area contributed by atoms with Gasteiger partial charge in [0.05, 0.1) is 13.2 Å². The molecule has 1 saturated heterocycles. The third-order valence-corrected chi connectivity index (χ3v) is 4.38. The number of aromatic nitrogens is 1. The third-order valence-electron chi connectivity index (χ3n) is 4.38. The number of hydrogen-bond donors (Lipinski definition) is 2. The fourth-order valence-electron chi connectivity index (χ4n) is 2.97. The van der Waals surface area contributed by atoms with Gasteiger partial charge < -0.3 is 20.1 Å². The highest BCUT2D eigenvalue weighted by atomic mass is 16.5. The Hall–Kier alpha value is -2.11. The zero-order valence-corrected chi connectivity index (χ0v) is 14.1. The molecule has 1 unspecified atom stereocenters. The number of aliphatic hydroxyl groups is 1. The number of anilines is 1. The second-order valence-electron chi connectivity index (χ2n) is 6.14. The molecule has 2 aromatic rings. The van der Waals surface area contributed by atoms with E-state index in [1.54, 1.807) is 7.11 Å². The molecule has 1 atom stereocenters. The monoisotopic (exact) mass is 327 g/mol. The molecule has 0 saturated carbocycles. The Kier molecular flexibility index (Phi) is 5.67. The van der Waals surface area contributed by atoms with Crippen LogP contribution in [-0.4, -0.2) is 36.8 Å². The van der Waals surface area contributed by atoms with Crippen LogP contribution in [0.5, 0.6) is 5.75 Å². The Balaban J connectivity index is 1.48. The van der Waals surface area contributed by atoms with Crippen LogP contribution in [-0.2, 0) is 6.54 Å². The van der Waals surface area contributed by atoms with E-state index in [1.165, 1.54) is 12.8 Å². The molecule has 2 heterocycles. The Morgan fingerprint density at radius 2 is 2.08 bits per heavy atom. The van der Waals surface area contributed by atoms with Gasteiger partial charge in [0.25, 0.3) is 0 Å². The summed E-state index contributed by atoms with van der Waals surface area (Å²) in [6.45, 7) is 3.39. The van der Waals surface area contributed by atoms with E-state index in [2.05, 4.69) is 27.3 Å². The van der Waals surface area contributed by atoms with Crippen molar-refractivity contribution in [1.29, 1.82) is 0 Å². The number of aliphatic hydroxyl groups excluding tert-OH is 1. The van der Waals surface area contributed by atoms with Gasteiger partial charge in [-0.1, -0.05) is 18.2 Å². The van der Waals surface area contributed by atoms with Crippen molar-refractivity contribution in [3.8, 4) is 5.75 Å². The fraction of sp³-hybridized carbons (Fsp3) is 0.421. The van der Waals surface area contributed by atoms with Crippen LogP contribution in [0.2, 0.25) is 0 Å². The number of rotatable bonds is 7. The molecule has 0 amide bonds. The molecule has 0 bridgehead atoms. The molecular weight excluding hydrogens is 302 g/mol. The highest BCUT2D eigenvalue weighted by Gasteiger charge is 2.13. The van der Waals surface area contributed by atoms with Gasteiger partial charge in [-0.3, -0.25) is 0 Å². The summed E-state index contributed by atoms with van der Waals surface area (Å²) in [5.74, 6) is 1.82. The van der Waals surface area contributed by atoms with E-state index in [0.717, 1.165) is 35.8 Å². The lowest BCUT2D eigenvalue weighted by molar-refractivity contribution is 0.174. The van der Waals surface area contributed by atoms with Gasteiger partial charge in [0.15, 0.2) is 0 Å². The molecule has 0 spiro atoms. The summed E-state index contributed by atoms with van der Waals surface area (Å²) in [5.41, 5.74) is 1.97. The topological polar surface area (TPSA) is 57.6 Å². The molecule has 128 valence electrons. The normalized spacial score (nSPS) is 15.5. The molecule has 1 aliphatic heterocycles. The first-order chi connectivity index (χ1) is 11.8. The van der Waals surface area contributed by atoms with Crippen molar-refractivity contribution in [3.05, 3.63) is 53.7 Å². The van der Waals surface area contributed by atoms with Crippen molar-refractivity contribution in [3.63, 3.8) is 0 Å². The van der Waals surface area contributed by atoms with Crippen molar-refractivity contribution in [2.45, 2.75) is 25.5 Å². The van der Waals surface area contributed by atoms with E-state index in [4.69, 9.17) is 4.74 Å². The van der Waals surface area contributed by atoms with E-state index in [1.807, 2.05) is 30.5 Å². The number of benzene rings is 1. The maximum Gasteiger partial charge on any atom is 0.128 e. The predicted molar refractivity (Wildman–Crippen MR) is 95.3 cm³/mol. The van der Waals surface area contributed by atoms with Gasteiger partial charge in [0, 0.05) is 32.4 Å². The van der Waals surface area contributed by atoms with Gasteiger partial charge in [0.1, 0.15) is 11.6 Å². The minimum absolute atomic E-state index is 0.487. The second kappa shape index (κ2) is 8.13. The number of methoxy groups -OCH3 is 1. The SMILES string of the molecule is COc1cccc(C(O)CNCc2ccc(N3CCCC3)nc2)c1. The number of nitrogens with one attached hydrogen (secondary N) is 1. The minimum Gasteiger partial charge on any atom is -0.497 e. The lowest BCUT2D eigenvalue weighted by Gasteiger charge is -2.16. The lowest BCUT2D eigenvalue weighted by Crippen LogP contribution is -2.22. The predicted octanol–water partition coefficient (Wildman–Crippen LogP) is 2.51. The van der Waals surface area contributed by atoms with Crippen LogP contribution in [0.1, 0.15) is 30.1 Å². The van der Waals surface area contributed by atoms with Crippen molar-refractivity contribution in [1.82, 2.24) is 10.3 Å². The summed E-state index contributed by atoms with van der Waals surface area (Å²) in [4.78, 5) is 6.87. The van der Waals surface area contributed by atoms with Gasteiger partial charge in [-0.05, 0) is 42.2 Å². The van der Waals surface area contributed by atoms with Crippen LogP contribution in [0.3, 0.4) is 0 Å². The zero-order chi connectivity index (χ0) is 16.8. The summed E-state index contributed by atoms with van der Waals surface area (Å²) in [6, 6.07) is 11.7. The first-order valence-corrected chi connectivity index (χ1v) is 8.49. The average molecular weight is 327 g/mol. The van der Waals surface area contributed by atoms with Gasteiger partial charge in [-0.2, -0.15) is 0 Å². The molecule has 1 fully saturated rings. The number of pyridine rings is 1. The summed E-state index contributed by atoms with van der Waals surface area (Å²) >= 11 is 0. The Morgan fingerprint density at radius 1 is 1.25 bits per heavy atom. The molecule has 5 heteroatoms.